The second kappa shape index (κ2) is 10.7. The predicted octanol–water partition coefficient (Wildman–Crippen LogP) is 4.13. The molecule has 4 rings (SSSR count). The number of benzene rings is 1. The van der Waals surface area contributed by atoms with Crippen molar-refractivity contribution in [1.82, 2.24) is 14.8 Å². The van der Waals surface area contributed by atoms with Crippen LogP contribution in [0.2, 0.25) is 5.02 Å². The fourth-order valence-corrected chi connectivity index (χ4v) is 5.03. The highest BCUT2D eigenvalue weighted by Gasteiger charge is 2.27. The fourth-order valence-electron chi connectivity index (χ4n) is 4.02. The van der Waals surface area contributed by atoms with Gasteiger partial charge in [-0.2, -0.15) is 0 Å². The number of nitro benzene ring substituents is 1. The van der Waals surface area contributed by atoms with Gasteiger partial charge in [0.05, 0.1) is 33.5 Å². The number of aromatic nitrogens is 3. The number of rotatable bonds is 8. The number of hydrogen-bond acceptors (Lipinski definition) is 8. The zero-order valence-electron chi connectivity index (χ0n) is 18.4. The van der Waals surface area contributed by atoms with Crippen molar-refractivity contribution in [2.45, 2.75) is 62.1 Å². The van der Waals surface area contributed by atoms with E-state index >= 15 is 0 Å². The quantitative estimate of drug-likeness (QED) is 0.331. The Morgan fingerprint density at radius 3 is 2.82 bits per heavy atom. The van der Waals surface area contributed by atoms with Crippen LogP contribution in [0.1, 0.15) is 39.0 Å². The third-order valence-electron chi connectivity index (χ3n) is 5.82. The highest BCUT2D eigenvalue weighted by atomic mass is 35.5. The molecule has 2 aliphatic rings. The summed E-state index contributed by atoms with van der Waals surface area (Å²) in [7, 11) is 0. The van der Waals surface area contributed by atoms with Crippen LogP contribution in [0.3, 0.4) is 0 Å². The summed E-state index contributed by atoms with van der Waals surface area (Å²) in [5.74, 6) is 0.496. The van der Waals surface area contributed by atoms with E-state index < -0.39 is 10.2 Å². The molecule has 33 heavy (non-hydrogen) atoms. The van der Waals surface area contributed by atoms with Crippen LogP contribution in [-0.2, 0) is 16.1 Å². The van der Waals surface area contributed by atoms with Crippen LogP contribution in [-0.4, -0.2) is 56.6 Å². The number of nitrogens with zero attached hydrogens (tertiary/aromatic N) is 5. The second-order valence-electron chi connectivity index (χ2n) is 8.25. The Balaban J connectivity index is 1.50. The van der Waals surface area contributed by atoms with Crippen LogP contribution in [0.4, 0.5) is 17.3 Å². The van der Waals surface area contributed by atoms with Crippen LogP contribution < -0.4 is 10.2 Å². The van der Waals surface area contributed by atoms with Gasteiger partial charge in [-0.05, 0) is 45.1 Å². The first kappa shape index (κ1) is 23.8. The molecule has 10 nitrogen and oxygen atoms in total. The predicted molar refractivity (Wildman–Crippen MR) is 127 cm³/mol. The number of nitrogens with one attached hydrogen (secondary N) is 1. The number of nitro groups is 1. The lowest BCUT2D eigenvalue weighted by Crippen LogP contribution is -2.33. The lowest BCUT2D eigenvalue weighted by atomic mass is 10.1. The van der Waals surface area contributed by atoms with E-state index in [4.69, 9.17) is 16.3 Å². The Morgan fingerprint density at radius 2 is 2.12 bits per heavy atom. The van der Waals surface area contributed by atoms with Crippen LogP contribution in [0, 0.1) is 10.1 Å². The number of amides is 1. The molecule has 0 saturated carbocycles. The first-order valence-corrected chi connectivity index (χ1v) is 12.4. The molecule has 0 radical (unpaired) electrons. The first-order chi connectivity index (χ1) is 15.9. The maximum Gasteiger partial charge on any atom is 0.271 e. The van der Waals surface area contributed by atoms with Crippen molar-refractivity contribution in [2.24, 2.45) is 0 Å². The number of hydrogen-bond donors (Lipinski definition) is 1. The summed E-state index contributed by atoms with van der Waals surface area (Å²) in [6.45, 7) is 5.05. The molecule has 2 unspecified atom stereocenters. The Morgan fingerprint density at radius 1 is 1.33 bits per heavy atom. The minimum Gasteiger partial charge on any atom is -0.376 e. The highest BCUT2D eigenvalue weighted by Crippen LogP contribution is 2.31. The SMILES string of the molecule is CC(Sc1nnc(N2CCCCC2)n1CC1CCCO1)C(=O)Nc1cc([N+](=O)[O-])ccc1Cl. The Kier molecular flexibility index (Phi) is 7.71. The Bertz CT molecular complexity index is 1010. The molecular weight excluding hydrogens is 468 g/mol. The molecule has 0 spiro atoms. The van der Waals surface area contributed by atoms with E-state index in [1.807, 2.05) is 0 Å². The summed E-state index contributed by atoms with van der Waals surface area (Å²) in [4.78, 5) is 25.6. The normalized spacial score (nSPS) is 19.5. The summed E-state index contributed by atoms with van der Waals surface area (Å²) < 4.78 is 7.91. The van der Waals surface area contributed by atoms with Gasteiger partial charge in [0.2, 0.25) is 11.9 Å². The molecule has 0 bridgehead atoms. The van der Waals surface area contributed by atoms with Gasteiger partial charge in [-0.3, -0.25) is 19.5 Å². The largest absolute Gasteiger partial charge is 0.376 e. The molecule has 2 saturated heterocycles. The van der Waals surface area contributed by atoms with Gasteiger partial charge in [-0.15, -0.1) is 10.2 Å². The van der Waals surface area contributed by atoms with Gasteiger partial charge < -0.3 is 15.0 Å². The molecule has 1 aromatic carbocycles. The van der Waals surface area contributed by atoms with Crippen molar-refractivity contribution in [2.75, 3.05) is 29.9 Å². The molecule has 1 aromatic heterocycles. The third kappa shape index (κ3) is 5.77. The maximum atomic E-state index is 12.9. The molecule has 2 aromatic rings. The third-order valence-corrected chi connectivity index (χ3v) is 7.23. The van der Waals surface area contributed by atoms with Gasteiger partial charge in [0, 0.05) is 31.8 Å². The number of non-ortho nitro benzene ring substituents is 1. The van der Waals surface area contributed by atoms with Crippen molar-refractivity contribution in [3.63, 3.8) is 0 Å². The minimum atomic E-state index is -0.528. The van der Waals surface area contributed by atoms with Crippen molar-refractivity contribution in [1.29, 1.82) is 0 Å². The van der Waals surface area contributed by atoms with Crippen LogP contribution >= 0.6 is 23.4 Å². The van der Waals surface area contributed by atoms with E-state index in [1.54, 1.807) is 6.92 Å². The summed E-state index contributed by atoms with van der Waals surface area (Å²) in [6.07, 6.45) is 5.60. The van der Waals surface area contributed by atoms with Crippen molar-refractivity contribution in [3.8, 4) is 0 Å². The molecule has 12 heteroatoms. The number of ether oxygens (including phenoxy) is 1. The van der Waals surface area contributed by atoms with Crippen molar-refractivity contribution in [3.05, 3.63) is 33.3 Å². The summed E-state index contributed by atoms with van der Waals surface area (Å²) in [6, 6.07) is 3.95. The standard InChI is InChI=1S/C21H27ClN6O4S/c1-14(19(29)23-18-12-15(28(30)31)7-8-17(18)22)33-21-25-24-20(26-9-3-2-4-10-26)27(21)13-16-6-5-11-32-16/h7-8,12,14,16H,2-6,9-11,13H2,1H3,(H,23,29). The number of thioether (sulfide) groups is 1. The maximum absolute atomic E-state index is 12.9. The van der Waals surface area contributed by atoms with Crippen LogP contribution in [0.25, 0.3) is 0 Å². The average molecular weight is 495 g/mol. The number of piperidine rings is 1. The van der Waals surface area contributed by atoms with E-state index in [9.17, 15) is 14.9 Å². The van der Waals surface area contributed by atoms with E-state index in [0.29, 0.717) is 11.7 Å². The smallest absolute Gasteiger partial charge is 0.271 e. The molecule has 0 aliphatic carbocycles. The second-order valence-corrected chi connectivity index (χ2v) is 9.96. The van der Waals surface area contributed by atoms with Crippen molar-refractivity contribution >= 4 is 46.6 Å². The molecule has 1 amide bonds. The highest BCUT2D eigenvalue weighted by molar-refractivity contribution is 8.00. The molecular formula is C21H27ClN6O4S. The number of halogens is 1. The summed E-state index contributed by atoms with van der Waals surface area (Å²) in [5, 5.41) is 23.0. The topological polar surface area (TPSA) is 115 Å². The van der Waals surface area contributed by atoms with E-state index in [0.717, 1.165) is 51.3 Å². The van der Waals surface area contributed by atoms with Gasteiger partial charge in [-0.25, -0.2) is 0 Å². The molecule has 178 valence electrons. The van der Waals surface area contributed by atoms with Gasteiger partial charge in [0.25, 0.3) is 5.69 Å². The molecule has 2 aliphatic heterocycles. The van der Waals surface area contributed by atoms with E-state index in [-0.39, 0.29) is 28.4 Å². The van der Waals surface area contributed by atoms with Crippen LogP contribution in [0.15, 0.2) is 23.4 Å². The monoisotopic (exact) mass is 494 g/mol. The number of carbonyl (C=O) groups is 1. The van der Waals surface area contributed by atoms with Crippen LogP contribution in [0.5, 0.6) is 0 Å². The molecule has 2 atom stereocenters. The number of carbonyl (C=O) groups excluding carboxylic acids is 1. The van der Waals surface area contributed by atoms with Gasteiger partial charge >= 0.3 is 0 Å². The minimum absolute atomic E-state index is 0.108. The average Bonchev–Trinajstić information content (AvgIpc) is 3.46. The Hall–Kier alpha value is -2.37. The number of anilines is 2. The fraction of sp³-hybridized carbons (Fsp3) is 0.571. The van der Waals surface area contributed by atoms with Crippen molar-refractivity contribution < 1.29 is 14.5 Å². The molecule has 1 N–H and O–H groups in total. The van der Waals surface area contributed by atoms with E-state index in [1.165, 1.54) is 36.4 Å². The lowest BCUT2D eigenvalue weighted by molar-refractivity contribution is -0.384. The molecule has 2 fully saturated rings. The van der Waals surface area contributed by atoms with Gasteiger partial charge in [0.15, 0.2) is 5.16 Å². The van der Waals surface area contributed by atoms with Gasteiger partial charge in [0.1, 0.15) is 0 Å². The Labute approximate surface area is 201 Å². The van der Waals surface area contributed by atoms with E-state index in [2.05, 4.69) is 25.0 Å². The summed E-state index contributed by atoms with van der Waals surface area (Å²) in [5.41, 5.74) is 0.0654. The zero-order chi connectivity index (χ0) is 23.4. The summed E-state index contributed by atoms with van der Waals surface area (Å²) >= 11 is 7.43. The lowest BCUT2D eigenvalue weighted by Gasteiger charge is -2.28. The first-order valence-electron chi connectivity index (χ1n) is 11.1. The zero-order valence-corrected chi connectivity index (χ0v) is 20.0. The molecule has 3 heterocycles. The van der Waals surface area contributed by atoms with Gasteiger partial charge in [-0.1, -0.05) is 23.4 Å².